The molecule has 0 saturated carbocycles. The van der Waals surface area contributed by atoms with Crippen LogP contribution < -0.4 is 0 Å². The van der Waals surface area contributed by atoms with Crippen molar-refractivity contribution in [3.63, 3.8) is 0 Å². The molecular formula is C24H16N4O. The molecule has 3 aromatic heterocycles. The van der Waals surface area contributed by atoms with Crippen molar-refractivity contribution in [1.82, 2.24) is 20.2 Å². The van der Waals surface area contributed by atoms with Gasteiger partial charge in [-0.2, -0.15) is 5.10 Å². The van der Waals surface area contributed by atoms with Gasteiger partial charge in [0.25, 0.3) is 0 Å². The van der Waals surface area contributed by atoms with Crippen LogP contribution in [0.3, 0.4) is 0 Å². The Morgan fingerprint density at radius 3 is 2.38 bits per heavy atom. The molecule has 0 aliphatic rings. The Bertz CT molecular complexity index is 1290. The smallest absolute Gasteiger partial charge is 0.150 e. The second kappa shape index (κ2) is 7.13. The summed E-state index contributed by atoms with van der Waals surface area (Å²) >= 11 is 0. The van der Waals surface area contributed by atoms with E-state index in [1.54, 1.807) is 12.4 Å². The van der Waals surface area contributed by atoms with Gasteiger partial charge in [0.1, 0.15) is 6.29 Å². The summed E-state index contributed by atoms with van der Waals surface area (Å²) in [4.78, 5) is 20.6. The van der Waals surface area contributed by atoms with E-state index in [2.05, 4.69) is 33.4 Å². The van der Waals surface area contributed by atoms with Crippen molar-refractivity contribution in [2.24, 2.45) is 0 Å². The van der Waals surface area contributed by atoms with Crippen LogP contribution in [0.15, 0.2) is 85.3 Å². The van der Waals surface area contributed by atoms with Gasteiger partial charge >= 0.3 is 0 Å². The molecule has 0 aliphatic heterocycles. The lowest BCUT2D eigenvalue weighted by molar-refractivity contribution is 0.112. The van der Waals surface area contributed by atoms with Crippen LogP contribution >= 0.6 is 0 Å². The molecule has 0 fully saturated rings. The zero-order chi connectivity index (χ0) is 19.6. The number of hydrogen-bond acceptors (Lipinski definition) is 4. The lowest BCUT2D eigenvalue weighted by atomic mass is 9.96. The number of pyridine rings is 2. The van der Waals surface area contributed by atoms with Gasteiger partial charge in [0.05, 0.1) is 23.1 Å². The van der Waals surface area contributed by atoms with Crippen LogP contribution in [0.4, 0.5) is 0 Å². The average molecular weight is 376 g/mol. The Labute approximate surface area is 167 Å². The largest absolute Gasteiger partial charge is 0.298 e. The highest BCUT2D eigenvalue weighted by Crippen LogP contribution is 2.36. The fourth-order valence-corrected chi connectivity index (χ4v) is 3.48. The number of carbonyl (C=O) groups is 1. The number of nitrogens with zero attached hydrogens (tertiary/aromatic N) is 3. The van der Waals surface area contributed by atoms with Gasteiger partial charge in [-0.15, -0.1) is 0 Å². The molecule has 5 nitrogen and oxygen atoms in total. The summed E-state index contributed by atoms with van der Waals surface area (Å²) in [6.07, 6.45) is 6.20. The molecule has 0 saturated heterocycles. The van der Waals surface area contributed by atoms with E-state index in [-0.39, 0.29) is 0 Å². The van der Waals surface area contributed by atoms with E-state index in [1.165, 1.54) is 0 Å². The molecule has 5 heteroatoms. The van der Waals surface area contributed by atoms with Gasteiger partial charge in [-0.3, -0.25) is 14.9 Å². The first-order valence-electron chi connectivity index (χ1n) is 9.23. The van der Waals surface area contributed by atoms with Gasteiger partial charge in [0.2, 0.25) is 0 Å². The highest BCUT2D eigenvalue weighted by atomic mass is 16.1. The molecule has 29 heavy (non-hydrogen) atoms. The van der Waals surface area contributed by atoms with Gasteiger partial charge in [0.15, 0.2) is 0 Å². The van der Waals surface area contributed by atoms with Crippen molar-refractivity contribution < 1.29 is 4.79 Å². The van der Waals surface area contributed by atoms with E-state index >= 15 is 0 Å². The molecular weight excluding hydrogens is 360 g/mol. The number of rotatable bonds is 4. The number of benzene rings is 2. The monoisotopic (exact) mass is 376 g/mol. The van der Waals surface area contributed by atoms with E-state index in [9.17, 15) is 4.79 Å². The lowest BCUT2D eigenvalue weighted by Gasteiger charge is -2.13. The van der Waals surface area contributed by atoms with E-state index < -0.39 is 0 Å². The number of hydrogen-bond donors (Lipinski definition) is 1. The summed E-state index contributed by atoms with van der Waals surface area (Å²) in [5, 5.41) is 7.86. The Morgan fingerprint density at radius 2 is 1.66 bits per heavy atom. The van der Waals surface area contributed by atoms with Crippen molar-refractivity contribution >= 4 is 17.2 Å². The highest BCUT2D eigenvalue weighted by molar-refractivity contribution is 5.98. The highest BCUT2D eigenvalue weighted by Gasteiger charge is 2.15. The van der Waals surface area contributed by atoms with Crippen molar-refractivity contribution in [1.29, 1.82) is 0 Å². The quantitative estimate of drug-likeness (QED) is 0.440. The molecule has 5 rings (SSSR count). The molecule has 0 spiro atoms. The van der Waals surface area contributed by atoms with Crippen LogP contribution in [0, 0.1) is 0 Å². The van der Waals surface area contributed by atoms with Crippen LogP contribution in [0.25, 0.3) is 44.5 Å². The number of aromatic amines is 1. The molecule has 0 bridgehead atoms. The molecule has 0 atom stereocenters. The second-order valence-corrected chi connectivity index (χ2v) is 6.70. The van der Waals surface area contributed by atoms with Gasteiger partial charge in [0, 0.05) is 40.0 Å². The summed E-state index contributed by atoms with van der Waals surface area (Å²) in [5.41, 5.74) is 7.15. The van der Waals surface area contributed by atoms with Crippen LogP contribution in [0.1, 0.15) is 10.4 Å². The third-order valence-corrected chi connectivity index (χ3v) is 4.92. The zero-order valence-electron chi connectivity index (χ0n) is 15.4. The van der Waals surface area contributed by atoms with Gasteiger partial charge in [-0.05, 0) is 17.7 Å². The van der Waals surface area contributed by atoms with Crippen molar-refractivity contribution in [2.45, 2.75) is 0 Å². The number of aldehydes is 1. The molecule has 0 unspecified atom stereocenters. The molecule has 138 valence electrons. The molecule has 0 amide bonds. The maximum absolute atomic E-state index is 11.0. The minimum Gasteiger partial charge on any atom is -0.298 e. The van der Waals surface area contributed by atoms with Gasteiger partial charge < -0.3 is 0 Å². The van der Waals surface area contributed by atoms with E-state index in [0.717, 1.165) is 50.8 Å². The summed E-state index contributed by atoms with van der Waals surface area (Å²) in [6.45, 7) is 0. The van der Waals surface area contributed by atoms with Crippen LogP contribution in [0.2, 0.25) is 0 Å². The number of H-pyrrole nitrogens is 1. The molecule has 0 aliphatic carbocycles. The first-order chi connectivity index (χ1) is 14.3. The molecule has 0 radical (unpaired) electrons. The third-order valence-electron chi connectivity index (χ3n) is 4.92. The number of carbonyl (C=O) groups excluding carboxylic acids is 1. The van der Waals surface area contributed by atoms with E-state index in [4.69, 9.17) is 4.98 Å². The Kier molecular flexibility index (Phi) is 4.18. The first kappa shape index (κ1) is 17.0. The van der Waals surface area contributed by atoms with Crippen molar-refractivity contribution in [3.05, 3.63) is 90.9 Å². The number of aromatic nitrogens is 4. The van der Waals surface area contributed by atoms with Crippen LogP contribution in [-0.4, -0.2) is 26.5 Å². The van der Waals surface area contributed by atoms with Crippen LogP contribution in [0.5, 0.6) is 0 Å². The normalized spacial score (nSPS) is 10.9. The molecule has 3 heterocycles. The summed E-state index contributed by atoms with van der Waals surface area (Å²) < 4.78 is 0. The average Bonchev–Trinajstić information content (AvgIpc) is 3.33. The molecule has 1 N–H and O–H groups in total. The Hall–Kier alpha value is -4.12. The van der Waals surface area contributed by atoms with E-state index in [1.807, 2.05) is 54.7 Å². The van der Waals surface area contributed by atoms with Crippen LogP contribution in [-0.2, 0) is 0 Å². The topological polar surface area (TPSA) is 71.5 Å². The third kappa shape index (κ3) is 3.08. The zero-order valence-corrected chi connectivity index (χ0v) is 15.4. The maximum Gasteiger partial charge on any atom is 0.150 e. The second-order valence-electron chi connectivity index (χ2n) is 6.70. The fraction of sp³-hybridized carbons (Fsp3) is 0. The predicted molar refractivity (Wildman–Crippen MR) is 113 cm³/mol. The molecule has 2 aromatic carbocycles. The maximum atomic E-state index is 11.0. The van der Waals surface area contributed by atoms with E-state index in [0.29, 0.717) is 5.56 Å². The predicted octanol–water partition coefficient (Wildman–Crippen LogP) is 5.17. The summed E-state index contributed by atoms with van der Waals surface area (Å²) in [6, 6.07) is 21.7. The molecule has 5 aromatic rings. The first-order valence-corrected chi connectivity index (χ1v) is 9.23. The fourth-order valence-electron chi connectivity index (χ4n) is 3.48. The SMILES string of the molecule is O=Cc1ccc(-c2nc3ccnc(-c4cn[nH]c4)c3cc2-c2ccccc2)cc1. The minimum atomic E-state index is 0.641. The van der Waals surface area contributed by atoms with Gasteiger partial charge in [-0.1, -0.05) is 54.6 Å². The minimum absolute atomic E-state index is 0.641. The van der Waals surface area contributed by atoms with Crippen molar-refractivity contribution in [3.8, 4) is 33.6 Å². The van der Waals surface area contributed by atoms with Gasteiger partial charge in [-0.25, -0.2) is 4.98 Å². The Balaban J connectivity index is 1.80. The summed E-state index contributed by atoms with van der Waals surface area (Å²) in [5.74, 6) is 0. The lowest BCUT2D eigenvalue weighted by Crippen LogP contribution is -1.94. The standard InChI is InChI=1S/C24H16N4O/c29-15-16-6-8-18(9-7-16)24-20(17-4-2-1-3-5-17)12-21-22(28-24)10-11-25-23(21)19-13-26-27-14-19/h1-15H,(H,26,27). The van der Waals surface area contributed by atoms with Crippen molar-refractivity contribution in [2.75, 3.05) is 0 Å². The Morgan fingerprint density at radius 1 is 0.828 bits per heavy atom. The number of fused-ring (bicyclic) bond motifs is 1. The number of nitrogens with one attached hydrogen (secondary N) is 1. The summed E-state index contributed by atoms with van der Waals surface area (Å²) in [7, 11) is 0.